The summed E-state index contributed by atoms with van der Waals surface area (Å²) in [5.74, 6) is 0. The van der Waals surface area contributed by atoms with Crippen molar-refractivity contribution in [3.8, 4) is 0 Å². The molecule has 1 atom stereocenters. The molecule has 0 amide bonds. The molecule has 1 aromatic heterocycles. The first-order valence-electron chi connectivity index (χ1n) is 2.43. The van der Waals surface area contributed by atoms with E-state index >= 15 is 0 Å². The summed E-state index contributed by atoms with van der Waals surface area (Å²) in [6, 6.07) is 3.76. The molecular weight excluding hydrogens is 152 g/mol. The van der Waals surface area contributed by atoms with Crippen LogP contribution < -0.4 is 0 Å². The van der Waals surface area contributed by atoms with Crippen molar-refractivity contribution in [2.24, 2.45) is 0 Å². The Kier molecular flexibility index (Phi) is 2.30. The Morgan fingerprint density at radius 3 is 3.00 bits per heavy atom. The van der Waals surface area contributed by atoms with Gasteiger partial charge in [-0.2, -0.15) is 12.6 Å². The number of hydrogen-bond donors (Lipinski definition) is 1. The summed E-state index contributed by atoms with van der Waals surface area (Å²) in [5.41, 5.74) is 0. The molecule has 0 saturated carbocycles. The third-order valence-electron chi connectivity index (χ3n) is 0.924. The van der Waals surface area contributed by atoms with Gasteiger partial charge in [0.15, 0.2) is 0 Å². The van der Waals surface area contributed by atoms with Crippen LogP contribution in [0.25, 0.3) is 0 Å². The van der Waals surface area contributed by atoms with E-state index in [4.69, 9.17) is 0 Å². The Bertz CT molecular complexity index is 181. The van der Waals surface area contributed by atoms with Crippen LogP contribution in [0, 0.1) is 0 Å². The third-order valence-corrected chi connectivity index (χ3v) is 2.42. The molecule has 1 nitrogen and oxygen atoms in total. The smallest absolute Gasteiger partial charge is 0.217 e. The molecule has 47 valence electrons. The highest BCUT2D eigenvalue weighted by Crippen LogP contribution is 2.21. The van der Waals surface area contributed by atoms with E-state index in [-0.39, 0.29) is 5.25 Å². The molecule has 0 saturated heterocycles. The molecule has 0 aromatic carbocycles. The third kappa shape index (κ3) is 1.56. The van der Waals surface area contributed by atoms with Gasteiger partial charge in [-0.15, -0.1) is 11.3 Å². The van der Waals surface area contributed by atoms with Crippen molar-refractivity contribution in [2.45, 2.75) is 5.25 Å². The lowest BCUT2D eigenvalue weighted by Crippen LogP contribution is -1.84. The topological polar surface area (TPSA) is 17.1 Å². The highest BCUT2D eigenvalue weighted by Gasteiger charge is 2.04. The van der Waals surface area contributed by atoms with Crippen LogP contribution in [0.4, 0.5) is 0 Å². The predicted molar refractivity (Wildman–Crippen MR) is 41.7 cm³/mol. The van der Waals surface area contributed by atoms with Gasteiger partial charge in [-0.25, -0.2) is 0 Å². The lowest BCUT2D eigenvalue weighted by Gasteiger charge is -1.92. The Morgan fingerprint density at radius 1 is 1.78 bits per heavy atom. The van der Waals surface area contributed by atoms with Crippen LogP contribution in [-0.2, 0) is 4.79 Å². The molecule has 0 fully saturated rings. The van der Waals surface area contributed by atoms with Gasteiger partial charge >= 0.3 is 0 Å². The van der Waals surface area contributed by atoms with E-state index in [9.17, 15) is 4.79 Å². The quantitative estimate of drug-likeness (QED) is 0.648. The average molecular weight is 157 g/mol. The van der Waals surface area contributed by atoms with Crippen LogP contribution in [0.5, 0.6) is 0 Å². The molecule has 1 radical (unpaired) electrons. The predicted octanol–water partition coefficient (Wildman–Crippen LogP) is 1.83. The van der Waals surface area contributed by atoms with E-state index in [1.165, 1.54) is 11.3 Å². The Labute approximate surface area is 63.1 Å². The summed E-state index contributed by atoms with van der Waals surface area (Å²) in [6.07, 6.45) is 1.79. The van der Waals surface area contributed by atoms with Gasteiger partial charge in [-0.3, -0.25) is 4.79 Å². The van der Waals surface area contributed by atoms with Crippen molar-refractivity contribution >= 4 is 30.3 Å². The molecule has 3 heteroatoms. The van der Waals surface area contributed by atoms with Gasteiger partial charge in [0, 0.05) is 4.88 Å². The van der Waals surface area contributed by atoms with Crippen molar-refractivity contribution in [1.82, 2.24) is 0 Å². The number of thiol groups is 1. The first kappa shape index (κ1) is 6.83. The molecule has 0 aliphatic carbocycles. The van der Waals surface area contributed by atoms with Gasteiger partial charge in [0.2, 0.25) is 6.29 Å². The molecule has 1 heterocycles. The van der Waals surface area contributed by atoms with Crippen LogP contribution in [-0.4, -0.2) is 6.29 Å². The van der Waals surface area contributed by atoms with Gasteiger partial charge in [0.05, 0.1) is 0 Å². The summed E-state index contributed by atoms with van der Waals surface area (Å²) in [4.78, 5) is 11.0. The summed E-state index contributed by atoms with van der Waals surface area (Å²) < 4.78 is 0. The van der Waals surface area contributed by atoms with Crippen molar-refractivity contribution in [3.63, 3.8) is 0 Å². The maximum Gasteiger partial charge on any atom is 0.217 e. The van der Waals surface area contributed by atoms with E-state index in [1.807, 2.05) is 17.5 Å². The second-order valence-electron chi connectivity index (χ2n) is 1.54. The van der Waals surface area contributed by atoms with Crippen molar-refractivity contribution < 1.29 is 4.79 Å². The number of rotatable bonds is 2. The molecule has 0 N–H and O–H groups in total. The lowest BCUT2D eigenvalue weighted by molar-refractivity contribution is 0.555. The maximum absolute atomic E-state index is 10.0. The molecule has 0 aliphatic heterocycles. The fraction of sp³-hybridized carbons (Fsp3) is 0.167. The molecule has 9 heavy (non-hydrogen) atoms. The zero-order valence-electron chi connectivity index (χ0n) is 4.57. The largest absolute Gasteiger partial charge is 0.289 e. The van der Waals surface area contributed by atoms with Crippen molar-refractivity contribution in [3.05, 3.63) is 22.4 Å². The summed E-state index contributed by atoms with van der Waals surface area (Å²) >= 11 is 5.49. The van der Waals surface area contributed by atoms with Gasteiger partial charge in [0.25, 0.3) is 0 Å². The van der Waals surface area contributed by atoms with E-state index in [0.29, 0.717) is 0 Å². The van der Waals surface area contributed by atoms with Crippen molar-refractivity contribution in [1.29, 1.82) is 0 Å². The molecule has 0 spiro atoms. The highest BCUT2D eigenvalue weighted by molar-refractivity contribution is 7.81. The normalized spacial score (nSPS) is 13.0. The summed E-state index contributed by atoms with van der Waals surface area (Å²) in [6.45, 7) is 0. The molecule has 1 unspecified atom stereocenters. The summed E-state index contributed by atoms with van der Waals surface area (Å²) in [5, 5.41) is 1.56. The fourth-order valence-corrected chi connectivity index (χ4v) is 1.42. The first-order chi connectivity index (χ1) is 4.34. The molecular formula is C6H5OS2. The maximum atomic E-state index is 10.0. The molecule has 0 bridgehead atoms. The Morgan fingerprint density at radius 2 is 2.56 bits per heavy atom. The number of hydrogen-bond acceptors (Lipinski definition) is 3. The second-order valence-corrected chi connectivity index (χ2v) is 3.03. The van der Waals surface area contributed by atoms with E-state index < -0.39 is 0 Å². The zero-order chi connectivity index (χ0) is 6.69. The molecule has 1 aromatic rings. The van der Waals surface area contributed by atoms with Crippen LogP contribution in [0.3, 0.4) is 0 Å². The van der Waals surface area contributed by atoms with E-state index in [2.05, 4.69) is 12.6 Å². The van der Waals surface area contributed by atoms with Gasteiger partial charge in [0.1, 0.15) is 5.25 Å². The minimum absolute atomic E-state index is 0.356. The second kappa shape index (κ2) is 3.03. The highest BCUT2D eigenvalue weighted by atomic mass is 32.1. The standard InChI is InChI=1S/C6H5OS2/c7-4-5(8)6-2-1-3-9-6/h1-3,5,8H. The Balaban J connectivity index is 2.76. The SMILES string of the molecule is O=[C]C(S)c1cccs1. The lowest BCUT2D eigenvalue weighted by atomic mass is 10.4. The zero-order valence-corrected chi connectivity index (χ0v) is 6.28. The minimum atomic E-state index is -0.356. The van der Waals surface area contributed by atoms with Crippen molar-refractivity contribution in [2.75, 3.05) is 0 Å². The van der Waals surface area contributed by atoms with Gasteiger partial charge in [-0.1, -0.05) is 6.07 Å². The summed E-state index contributed by atoms with van der Waals surface area (Å²) in [7, 11) is 0. The minimum Gasteiger partial charge on any atom is -0.289 e. The van der Waals surface area contributed by atoms with Gasteiger partial charge in [-0.05, 0) is 11.4 Å². The van der Waals surface area contributed by atoms with Crippen LogP contribution in [0.2, 0.25) is 0 Å². The Hall–Kier alpha value is -0.280. The van der Waals surface area contributed by atoms with Crippen LogP contribution in [0.1, 0.15) is 10.1 Å². The van der Waals surface area contributed by atoms with E-state index in [1.54, 1.807) is 6.29 Å². The number of thiophene rings is 1. The average Bonchev–Trinajstić information content (AvgIpc) is 2.37. The van der Waals surface area contributed by atoms with Gasteiger partial charge < -0.3 is 0 Å². The molecule has 0 aliphatic rings. The van der Waals surface area contributed by atoms with Crippen LogP contribution in [0.15, 0.2) is 17.5 Å². The fourth-order valence-electron chi connectivity index (χ4n) is 0.505. The monoisotopic (exact) mass is 157 g/mol. The number of carbonyl (C=O) groups excluding carboxylic acids is 1. The molecule has 1 rings (SSSR count). The first-order valence-corrected chi connectivity index (χ1v) is 3.83. The van der Waals surface area contributed by atoms with Crippen LogP contribution >= 0.6 is 24.0 Å². The van der Waals surface area contributed by atoms with E-state index in [0.717, 1.165) is 4.88 Å².